The molecule has 0 aliphatic carbocycles. The highest BCUT2D eigenvalue weighted by Crippen LogP contribution is 2.27. The molecule has 1 aromatic rings. The Morgan fingerprint density at radius 1 is 1.05 bits per heavy atom. The molecule has 0 amide bonds. The Morgan fingerprint density at radius 3 is 2.21 bits per heavy atom. The second-order valence-corrected chi connectivity index (χ2v) is 7.00. The maximum atomic E-state index is 13.6. The lowest BCUT2D eigenvalue weighted by atomic mass is 9.82. The minimum Gasteiger partial charge on any atom is -0.312 e. The summed E-state index contributed by atoms with van der Waals surface area (Å²) in [5, 5.41) is 3.43. The van der Waals surface area contributed by atoms with Gasteiger partial charge in [-0.2, -0.15) is 0 Å². The lowest BCUT2D eigenvalue weighted by molar-refractivity contribution is 0.299. The summed E-state index contributed by atoms with van der Waals surface area (Å²) in [6.07, 6.45) is 1.56. The monoisotopic (exact) mass is 269 g/mol. The number of hydrogen-bond acceptors (Lipinski definition) is 1. The fourth-order valence-corrected chi connectivity index (χ4v) is 2.04. The summed E-state index contributed by atoms with van der Waals surface area (Å²) >= 11 is 0. The number of nitrogens with one attached hydrogen (secondary N) is 1. The molecule has 19 heavy (non-hydrogen) atoms. The summed E-state index contributed by atoms with van der Waals surface area (Å²) in [4.78, 5) is 0. The van der Waals surface area contributed by atoms with E-state index < -0.39 is 11.6 Å². The van der Waals surface area contributed by atoms with Crippen molar-refractivity contribution in [2.45, 2.75) is 53.0 Å². The number of rotatable bonds is 5. The Labute approximate surface area is 115 Å². The second-order valence-electron chi connectivity index (χ2n) is 7.00. The van der Waals surface area contributed by atoms with Crippen LogP contribution in [0.3, 0.4) is 0 Å². The molecule has 1 rings (SSSR count). The highest BCUT2D eigenvalue weighted by atomic mass is 19.1. The molecule has 3 heteroatoms. The van der Waals surface area contributed by atoms with Crippen LogP contribution < -0.4 is 5.32 Å². The van der Waals surface area contributed by atoms with Crippen molar-refractivity contribution >= 4 is 0 Å². The molecule has 1 N–H and O–H groups in total. The summed E-state index contributed by atoms with van der Waals surface area (Å²) in [5.41, 5.74) is 0.663. The van der Waals surface area contributed by atoms with Gasteiger partial charge in [0.15, 0.2) is 0 Å². The quantitative estimate of drug-likeness (QED) is 0.839. The number of hydrogen-bond donors (Lipinski definition) is 1. The van der Waals surface area contributed by atoms with Crippen LogP contribution in [0.15, 0.2) is 18.2 Å². The third-order valence-electron chi connectivity index (χ3n) is 3.14. The van der Waals surface area contributed by atoms with Crippen molar-refractivity contribution in [1.82, 2.24) is 5.32 Å². The molecule has 0 radical (unpaired) electrons. The van der Waals surface area contributed by atoms with Crippen molar-refractivity contribution in [1.29, 1.82) is 0 Å². The van der Waals surface area contributed by atoms with E-state index in [1.165, 1.54) is 6.07 Å². The zero-order valence-electron chi connectivity index (χ0n) is 12.6. The Kier molecular flexibility index (Phi) is 5.08. The van der Waals surface area contributed by atoms with E-state index in [1.807, 2.05) is 0 Å². The smallest absolute Gasteiger partial charge is 0.129 e. The van der Waals surface area contributed by atoms with E-state index in [0.717, 1.165) is 19.0 Å². The minimum absolute atomic E-state index is 0.0169. The van der Waals surface area contributed by atoms with Crippen LogP contribution in [-0.4, -0.2) is 12.1 Å². The van der Waals surface area contributed by atoms with Crippen LogP contribution in [0.5, 0.6) is 0 Å². The normalized spacial score (nSPS) is 12.8. The molecule has 1 aromatic carbocycles. The maximum absolute atomic E-state index is 13.6. The lowest BCUT2D eigenvalue weighted by Crippen LogP contribution is -2.38. The topological polar surface area (TPSA) is 12.0 Å². The van der Waals surface area contributed by atoms with Crippen molar-refractivity contribution < 1.29 is 8.78 Å². The van der Waals surface area contributed by atoms with E-state index in [-0.39, 0.29) is 11.0 Å². The van der Waals surface area contributed by atoms with Gasteiger partial charge in [0.25, 0.3) is 0 Å². The summed E-state index contributed by atoms with van der Waals surface area (Å²) < 4.78 is 26.5. The van der Waals surface area contributed by atoms with Crippen LogP contribution in [0.4, 0.5) is 8.78 Å². The lowest BCUT2D eigenvalue weighted by Gasteiger charge is -2.28. The van der Waals surface area contributed by atoms with Crippen LogP contribution in [0.1, 0.15) is 46.6 Å². The zero-order valence-corrected chi connectivity index (χ0v) is 12.6. The Morgan fingerprint density at radius 2 is 1.68 bits per heavy atom. The van der Waals surface area contributed by atoms with Gasteiger partial charge < -0.3 is 5.32 Å². The molecule has 108 valence electrons. The van der Waals surface area contributed by atoms with E-state index in [9.17, 15) is 8.78 Å². The van der Waals surface area contributed by atoms with Gasteiger partial charge in [0.2, 0.25) is 0 Å². The summed E-state index contributed by atoms with van der Waals surface area (Å²) in [6.45, 7) is 11.5. The van der Waals surface area contributed by atoms with Gasteiger partial charge in [-0.15, -0.1) is 0 Å². The van der Waals surface area contributed by atoms with Gasteiger partial charge in [-0.3, -0.25) is 0 Å². The van der Waals surface area contributed by atoms with Crippen LogP contribution in [0.25, 0.3) is 0 Å². The van der Waals surface area contributed by atoms with E-state index >= 15 is 0 Å². The predicted octanol–water partition coefficient (Wildman–Crippen LogP) is 4.31. The first-order valence-electron chi connectivity index (χ1n) is 6.78. The molecule has 0 heterocycles. The van der Waals surface area contributed by atoms with Crippen LogP contribution >= 0.6 is 0 Å². The molecule has 0 spiro atoms. The van der Waals surface area contributed by atoms with E-state index in [4.69, 9.17) is 0 Å². The highest BCUT2D eigenvalue weighted by molar-refractivity contribution is 5.19. The summed E-state index contributed by atoms with van der Waals surface area (Å²) in [6, 6.07) is 3.82. The number of benzene rings is 1. The van der Waals surface area contributed by atoms with E-state index in [1.54, 1.807) is 6.07 Å². The fourth-order valence-electron chi connectivity index (χ4n) is 2.04. The molecular formula is C16H25F2N. The van der Waals surface area contributed by atoms with E-state index in [0.29, 0.717) is 12.0 Å². The predicted molar refractivity (Wildman–Crippen MR) is 76.2 cm³/mol. The maximum Gasteiger partial charge on any atom is 0.129 e. The first kappa shape index (κ1) is 16.1. The van der Waals surface area contributed by atoms with Crippen molar-refractivity contribution in [2.75, 3.05) is 6.54 Å². The summed E-state index contributed by atoms with van der Waals surface area (Å²) in [7, 11) is 0. The average molecular weight is 269 g/mol. The van der Waals surface area contributed by atoms with Gasteiger partial charge >= 0.3 is 0 Å². The first-order chi connectivity index (χ1) is 8.59. The molecule has 0 aliphatic rings. The third kappa shape index (κ3) is 6.15. The fraction of sp³-hybridized carbons (Fsp3) is 0.625. The van der Waals surface area contributed by atoms with E-state index in [2.05, 4.69) is 39.9 Å². The molecule has 1 nitrogen and oxygen atoms in total. The SMILES string of the molecule is CC(C)(CCNC(C)(C)C)Cc1ccc(F)cc1F. The molecular weight excluding hydrogens is 244 g/mol. The van der Waals surface area contributed by atoms with Gasteiger partial charge in [-0.1, -0.05) is 19.9 Å². The largest absolute Gasteiger partial charge is 0.312 e. The molecule has 0 atom stereocenters. The van der Waals surface area contributed by atoms with Gasteiger partial charge in [0.1, 0.15) is 11.6 Å². The van der Waals surface area contributed by atoms with Crippen molar-refractivity contribution in [3.05, 3.63) is 35.4 Å². The van der Waals surface area contributed by atoms with Crippen LogP contribution in [0.2, 0.25) is 0 Å². The third-order valence-corrected chi connectivity index (χ3v) is 3.14. The van der Waals surface area contributed by atoms with Crippen molar-refractivity contribution in [2.24, 2.45) is 5.41 Å². The molecule has 0 saturated heterocycles. The molecule has 0 fully saturated rings. The van der Waals surface area contributed by atoms with Crippen molar-refractivity contribution in [3.63, 3.8) is 0 Å². The van der Waals surface area contributed by atoms with Crippen LogP contribution in [-0.2, 0) is 6.42 Å². The molecule has 0 unspecified atom stereocenters. The summed E-state index contributed by atoms with van der Waals surface area (Å²) in [5.74, 6) is -0.967. The Bertz CT molecular complexity index is 419. The minimum atomic E-state index is -0.520. The molecule has 0 saturated carbocycles. The zero-order chi connectivity index (χ0) is 14.7. The molecule has 0 aliphatic heterocycles. The standard InChI is InChI=1S/C16H25F2N/c1-15(2,3)19-9-8-16(4,5)11-12-6-7-13(17)10-14(12)18/h6-7,10,19H,8-9,11H2,1-5H3. The first-order valence-corrected chi connectivity index (χ1v) is 6.78. The average Bonchev–Trinajstić information content (AvgIpc) is 2.20. The van der Waals surface area contributed by atoms with Gasteiger partial charge in [-0.05, 0) is 57.2 Å². The Balaban J connectivity index is 2.58. The molecule has 0 aromatic heterocycles. The highest BCUT2D eigenvalue weighted by Gasteiger charge is 2.21. The molecule has 0 bridgehead atoms. The second kappa shape index (κ2) is 6.00. The van der Waals surface area contributed by atoms with Gasteiger partial charge in [0, 0.05) is 11.6 Å². The van der Waals surface area contributed by atoms with Gasteiger partial charge in [-0.25, -0.2) is 8.78 Å². The Hall–Kier alpha value is -0.960. The van der Waals surface area contributed by atoms with Gasteiger partial charge in [0.05, 0.1) is 0 Å². The number of halogens is 2. The van der Waals surface area contributed by atoms with Crippen molar-refractivity contribution in [3.8, 4) is 0 Å². The van der Waals surface area contributed by atoms with Crippen LogP contribution in [0, 0.1) is 17.0 Å².